The number of benzene rings is 1. The lowest BCUT2D eigenvalue weighted by molar-refractivity contribution is -0.288. The van der Waals surface area contributed by atoms with Crippen LogP contribution in [0.1, 0.15) is 64.0 Å². The van der Waals surface area contributed by atoms with Crippen molar-refractivity contribution < 1.29 is 62.3 Å². The molecule has 0 radical (unpaired) electrons. The molecule has 1 unspecified atom stereocenters. The van der Waals surface area contributed by atoms with E-state index in [1.54, 1.807) is 11.0 Å². The van der Waals surface area contributed by atoms with Gasteiger partial charge in [-0.25, -0.2) is 0 Å². The Labute approximate surface area is 279 Å². The normalized spacial score (nSPS) is 23.5. The van der Waals surface area contributed by atoms with Crippen molar-refractivity contribution >= 4 is 74.5 Å². The van der Waals surface area contributed by atoms with E-state index in [4.69, 9.17) is 45.1 Å². The first-order valence-corrected chi connectivity index (χ1v) is 16.2. The van der Waals surface area contributed by atoms with Crippen molar-refractivity contribution in [3.8, 4) is 5.75 Å². The van der Waals surface area contributed by atoms with E-state index in [0.717, 1.165) is 37.3 Å². The second kappa shape index (κ2) is 15.3. The number of amides is 1. The number of esters is 4. The molecule has 2 aliphatic rings. The highest BCUT2D eigenvalue weighted by molar-refractivity contribution is 7.17. The second-order valence-electron chi connectivity index (χ2n) is 11.2. The van der Waals surface area contributed by atoms with Crippen LogP contribution in [0.5, 0.6) is 5.75 Å². The molecule has 0 spiro atoms. The summed E-state index contributed by atoms with van der Waals surface area (Å²) < 4.78 is 34.9. The summed E-state index contributed by atoms with van der Waals surface area (Å²) in [4.78, 5) is 74.3. The van der Waals surface area contributed by atoms with Gasteiger partial charge in [-0.05, 0) is 29.9 Å². The molecule has 1 saturated heterocycles. The molecule has 16 heteroatoms. The summed E-state index contributed by atoms with van der Waals surface area (Å²) in [6.07, 6.45) is -6.95. The average molecular weight is 698 g/mol. The number of anilines is 1. The molecule has 256 valence electrons. The number of fused-ring (bicyclic) bond motifs is 3. The van der Waals surface area contributed by atoms with Gasteiger partial charge in [-0.3, -0.25) is 28.8 Å². The third kappa shape index (κ3) is 8.32. The van der Waals surface area contributed by atoms with Crippen LogP contribution in [0.25, 0.3) is 10.1 Å². The summed E-state index contributed by atoms with van der Waals surface area (Å²) in [5.41, 5.74) is 2.25. The number of carboxylic acid groups (broad SMARTS) is 1. The third-order valence-electron chi connectivity index (χ3n) is 7.57. The first-order valence-electron chi connectivity index (χ1n) is 14.8. The molecule has 2 aliphatic heterocycles. The second-order valence-corrected chi connectivity index (χ2v) is 12.4. The van der Waals surface area contributed by atoms with E-state index in [2.05, 4.69) is 0 Å². The van der Waals surface area contributed by atoms with E-state index in [0.29, 0.717) is 10.4 Å². The van der Waals surface area contributed by atoms with E-state index in [-0.39, 0.29) is 49.3 Å². The van der Waals surface area contributed by atoms with Gasteiger partial charge < -0.3 is 38.4 Å². The maximum Gasteiger partial charge on any atom is 0.303 e. The summed E-state index contributed by atoms with van der Waals surface area (Å²) in [6, 6.07) is 1.64. The molecular formula is C31H36ClNO13S. The Bertz CT molecular complexity index is 1560. The minimum atomic E-state index is -1.48. The first kappa shape index (κ1) is 35.9. The number of rotatable bonds is 12. The van der Waals surface area contributed by atoms with E-state index >= 15 is 0 Å². The van der Waals surface area contributed by atoms with Crippen LogP contribution >= 0.6 is 22.9 Å². The van der Waals surface area contributed by atoms with Crippen LogP contribution in [0.15, 0.2) is 11.4 Å². The van der Waals surface area contributed by atoms with E-state index < -0.39 is 67.2 Å². The Hall–Kier alpha value is -3.95. The molecule has 1 fully saturated rings. The predicted octanol–water partition coefficient (Wildman–Crippen LogP) is 3.60. The van der Waals surface area contributed by atoms with Gasteiger partial charge in [-0.1, -0.05) is 0 Å². The Morgan fingerprint density at radius 2 is 1.60 bits per heavy atom. The smallest absolute Gasteiger partial charge is 0.303 e. The van der Waals surface area contributed by atoms with Gasteiger partial charge in [0.15, 0.2) is 12.2 Å². The van der Waals surface area contributed by atoms with Gasteiger partial charge in [0.05, 0.1) is 10.4 Å². The molecule has 1 amide bonds. The number of hydrogen-bond acceptors (Lipinski definition) is 13. The monoisotopic (exact) mass is 697 g/mol. The summed E-state index contributed by atoms with van der Waals surface area (Å²) in [5, 5.41) is 11.8. The highest BCUT2D eigenvalue weighted by Gasteiger charge is 2.53. The number of carboxylic acids is 1. The number of alkyl halides is 1. The summed E-state index contributed by atoms with van der Waals surface area (Å²) in [5.74, 6) is -4.04. The van der Waals surface area contributed by atoms with Crippen LogP contribution < -0.4 is 9.64 Å². The highest BCUT2D eigenvalue weighted by Crippen LogP contribution is 2.49. The maximum atomic E-state index is 13.4. The van der Waals surface area contributed by atoms with Crippen molar-refractivity contribution in [2.24, 2.45) is 0 Å². The van der Waals surface area contributed by atoms with Crippen molar-refractivity contribution in [2.75, 3.05) is 23.9 Å². The van der Waals surface area contributed by atoms with Gasteiger partial charge in [-0.2, -0.15) is 0 Å². The number of ether oxygens (including phenoxy) is 6. The number of thiophene rings is 1. The maximum absolute atomic E-state index is 13.4. The number of hydrogen-bond donors (Lipinski definition) is 1. The Morgan fingerprint density at radius 3 is 2.19 bits per heavy atom. The fourth-order valence-corrected chi connectivity index (χ4v) is 7.06. The molecular weight excluding hydrogens is 662 g/mol. The van der Waals surface area contributed by atoms with Gasteiger partial charge in [0.25, 0.3) is 0 Å². The number of carbonyl (C=O) groups is 6. The zero-order valence-electron chi connectivity index (χ0n) is 26.4. The van der Waals surface area contributed by atoms with Gasteiger partial charge in [-0.15, -0.1) is 22.9 Å². The van der Waals surface area contributed by atoms with Crippen LogP contribution in [-0.2, 0) is 52.5 Å². The lowest BCUT2D eigenvalue weighted by Crippen LogP contribution is -2.63. The largest absolute Gasteiger partial charge is 0.481 e. The number of aryl methyl sites for hydroxylation is 1. The van der Waals surface area contributed by atoms with Gasteiger partial charge in [0.1, 0.15) is 18.5 Å². The quantitative estimate of drug-likeness (QED) is 0.193. The van der Waals surface area contributed by atoms with Crippen LogP contribution in [0.3, 0.4) is 0 Å². The fourth-order valence-electron chi connectivity index (χ4n) is 5.79. The molecule has 2 aromatic rings. The predicted molar refractivity (Wildman–Crippen MR) is 166 cm³/mol. The molecule has 0 saturated carbocycles. The van der Waals surface area contributed by atoms with Crippen molar-refractivity contribution in [1.82, 2.24) is 0 Å². The molecule has 1 N–H and O–H groups in total. The Kier molecular flexibility index (Phi) is 11.7. The zero-order valence-corrected chi connectivity index (χ0v) is 28.0. The fraction of sp³-hybridized carbons (Fsp3) is 0.548. The molecule has 1 aromatic heterocycles. The lowest BCUT2D eigenvalue weighted by Gasteiger charge is -2.44. The number of carbonyl (C=O) groups excluding carboxylic acids is 5. The van der Waals surface area contributed by atoms with E-state index in [1.807, 2.05) is 12.3 Å². The summed E-state index contributed by atoms with van der Waals surface area (Å²) in [6.45, 7) is 6.30. The minimum absolute atomic E-state index is 0.00269. The van der Waals surface area contributed by atoms with Crippen molar-refractivity contribution in [3.63, 3.8) is 0 Å². The average Bonchev–Trinajstić information content (AvgIpc) is 3.54. The van der Waals surface area contributed by atoms with Crippen LogP contribution in [0.2, 0.25) is 0 Å². The van der Waals surface area contributed by atoms with Crippen molar-refractivity contribution in [3.05, 3.63) is 22.6 Å². The van der Waals surface area contributed by atoms with Crippen LogP contribution in [0, 0.1) is 6.92 Å². The standard InChI is InChI=1S/C31H36ClNO13S/c1-14-13-47-30-21(9-20-26(25(14)30)19(10-32)11-33(20)23(38)7-6-8-24(39)40)45-31-29(44-18(5)37)28(43-17(4)36)27(42-16(3)35)22(46-31)12-41-15(2)34/h9,13,19,22,27-29,31H,6-8,10-12H2,1-5H3,(H,39,40)/t19-,22-,27+,28+,29-,31?/m1/s1. The first-order chi connectivity index (χ1) is 22.2. The summed E-state index contributed by atoms with van der Waals surface area (Å²) >= 11 is 7.74. The third-order valence-corrected chi connectivity index (χ3v) is 9.06. The van der Waals surface area contributed by atoms with Gasteiger partial charge in [0.2, 0.25) is 18.3 Å². The molecule has 6 atom stereocenters. The van der Waals surface area contributed by atoms with Crippen molar-refractivity contribution in [1.29, 1.82) is 0 Å². The molecule has 3 heterocycles. The van der Waals surface area contributed by atoms with Crippen LogP contribution in [0.4, 0.5) is 5.69 Å². The molecule has 14 nitrogen and oxygen atoms in total. The minimum Gasteiger partial charge on any atom is -0.481 e. The number of halogens is 1. The van der Waals surface area contributed by atoms with Crippen molar-refractivity contribution in [2.45, 2.75) is 90.5 Å². The summed E-state index contributed by atoms with van der Waals surface area (Å²) in [7, 11) is 0. The SMILES string of the molecule is CC(=O)OC[C@H]1OC(Oc2cc3c(c4c(C)csc24)[C@H](CCl)CN3C(=O)CCCC(=O)O)[C@H](OC(C)=O)[C@@H](OC(C)=O)[C@H]1OC(C)=O. The lowest BCUT2D eigenvalue weighted by atomic mass is 9.96. The topological polar surface area (TPSA) is 181 Å². The molecule has 0 bridgehead atoms. The molecule has 1 aromatic carbocycles. The Balaban J connectivity index is 1.81. The molecule has 47 heavy (non-hydrogen) atoms. The van der Waals surface area contributed by atoms with Gasteiger partial charge >= 0.3 is 29.8 Å². The zero-order chi connectivity index (χ0) is 34.6. The highest BCUT2D eigenvalue weighted by atomic mass is 35.5. The number of aliphatic carboxylic acids is 1. The van der Waals surface area contributed by atoms with Crippen LogP contribution in [-0.4, -0.2) is 90.6 Å². The van der Waals surface area contributed by atoms with E-state index in [1.165, 1.54) is 18.3 Å². The number of nitrogens with zero attached hydrogens (tertiary/aromatic N) is 1. The Morgan fingerprint density at radius 1 is 0.957 bits per heavy atom. The molecule has 4 rings (SSSR count). The molecule has 0 aliphatic carbocycles. The van der Waals surface area contributed by atoms with E-state index in [9.17, 15) is 28.8 Å². The van der Waals surface area contributed by atoms with Gasteiger partial charge in [0, 0.05) is 70.3 Å².